The van der Waals surface area contributed by atoms with Crippen LogP contribution in [0.15, 0.2) is 47.4 Å². The molecule has 0 aliphatic rings. The predicted molar refractivity (Wildman–Crippen MR) is 104 cm³/mol. The minimum Gasteiger partial charge on any atom is -0.477 e. The van der Waals surface area contributed by atoms with Crippen LogP contribution in [-0.2, 0) is 19.1 Å². The average molecular weight is 421 g/mol. The summed E-state index contributed by atoms with van der Waals surface area (Å²) in [7, 11) is 0. The lowest BCUT2D eigenvalue weighted by Gasteiger charge is -2.17. The number of pyridine rings is 1. The van der Waals surface area contributed by atoms with E-state index in [1.807, 2.05) is 13.8 Å². The summed E-state index contributed by atoms with van der Waals surface area (Å²) in [6, 6.07) is 7.15. The molecule has 0 aliphatic heterocycles. The smallest absolute Gasteiger partial charge is 0.416 e. The van der Waals surface area contributed by atoms with Gasteiger partial charge in [-0.25, -0.2) is 9.18 Å². The van der Waals surface area contributed by atoms with E-state index in [0.717, 1.165) is 12.1 Å². The van der Waals surface area contributed by atoms with Gasteiger partial charge in [-0.1, -0.05) is 32.0 Å². The molecule has 3 aromatic rings. The molecule has 8 heteroatoms. The molecule has 1 heterocycles. The highest BCUT2D eigenvalue weighted by atomic mass is 19.4. The molecule has 3 rings (SSSR count). The van der Waals surface area contributed by atoms with Crippen molar-refractivity contribution < 1.29 is 27.5 Å². The van der Waals surface area contributed by atoms with Gasteiger partial charge in [-0.2, -0.15) is 13.2 Å². The Bertz CT molecular complexity index is 1180. The number of hydrogen-bond acceptors (Lipinski definition) is 2. The Morgan fingerprint density at radius 3 is 2.40 bits per heavy atom. The highest BCUT2D eigenvalue weighted by molar-refractivity contribution is 5.92. The second-order valence-electron chi connectivity index (χ2n) is 7.52. The molecular formula is C22H19F4NO3. The van der Waals surface area contributed by atoms with Crippen LogP contribution in [0, 0.1) is 11.7 Å². The normalized spacial score (nSPS) is 12.0. The maximum absolute atomic E-state index is 14.8. The number of benzene rings is 2. The number of aromatic nitrogens is 1. The molecule has 1 N–H and O–H groups in total. The Morgan fingerprint density at radius 1 is 1.13 bits per heavy atom. The zero-order valence-electron chi connectivity index (χ0n) is 16.3. The van der Waals surface area contributed by atoms with Crippen molar-refractivity contribution in [3.63, 3.8) is 0 Å². The van der Waals surface area contributed by atoms with Gasteiger partial charge in [-0.05, 0) is 35.2 Å². The minimum absolute atomic E-state index is 0.0146. The number of aromatic carboxylic acids is 1. The van der Waals surface area contributed by atoms with Crippen molar-refractivity contribution in [3.05, 3.63) is 80.9 Å². The third-order valence-electron chi connectivity index (χ3n) is 4.74. The molecule has 0 atom stereocenters. The van der Waals surface area contributed by atoms with Crippen LogP contribution >= 0.6 is 0 Å². The van der Waals surface area contributed by atoms with Crippen molar-refractivity contribution in [3.8, 4) is 0 Å². The summed E-state index contributed by atoms with van der Waals surface area (Å²) >= 11 is 0. The number of fused-ring (bicyclic) bond motifs is 1. The molecule has 0 bridgehead atoms. The molecule has 4 nitrogen and oxygen atoms in total. The highest BCUT2D eigenvalue weighted by Gasteiger charge is 2.33. The molecule has 0 fully saturated rings. The summed E-state index contributed by atoms with van der Waals surface area (Å²) < 4.78 is 56.2. The van der Waals surface area contributed by atoms with Crippen molar-refractivity contribution in [2.45, 2.75) is 33.0 Å². The van der Waals surface area contributed by atoms with E-state index in [0.29, 0.717) is 6.54 Å². The molecule has 1 aromatic heterocycles. The first-order valence-electron chi connectivity index (χ1n) is 9.23. The molecule has 0 radical (unpaired) electrons. The molecule has 0 saturated heterocycles. The summed E-state index contributed by atoms with van der Waals surface area (Å²) in [5, 5.41) is 9.17. The van der Waals surface area contributed by atoms with Gasteiger partial charge in [0.05, 0.1) is 11.1 Å². The second kappa shape index (κ2) is 7.93. The number of alkyl halides is 3. The number of nitrogens with zero attached hydrogens (tertiary/aromatic N) is 1. The fourth-order valence-electron chi connectivity index (χ4n) is 3.44. The SMILES string of the molecule is CC(C)Cn1cc(C(=O)O)c(=O)c2cc(F)c(Cc3ccccc3C(F)(F)F)cc21. The third kappa shape index (κ3) is 4.22. The topological polar surface area (TPSA) is 59.3 Å². The van der Waals surface area contributed by atoms with E-state index in [4.69, 9.17) is 0 Å². The van der Waals surface area contributed by atoms with Gasteiger partial charge in [0, 0.05) is 24.5 Å². The number of carboxylic acid groups (broad SMARTS) is 1. The summed E-state index contributed by atoms with van der Waals surface area (Å²) in [4.78, 5) is 23.9. The average Bonchev–Trinajstić information content (AvgIpc) is 2.64. The van der Waals surface area contributed by atoms with Gasteiger partial charge in [0.25, 0.3) is 0 Å². The number of hydrogen-bond donors (Lipinski definition) is 1. The van der Waals surface area contributed by atoms with Crippen LogP contribution in [0.1, 0.15) is 40.9 Å². The van der Waals surface area contributed by atoms with E-state index < -0.39 is 34.5 Å². The van der Waals surface area contributed by atoms with Gasteiger partial charge >= 0.3 is 12.1 Å². The number of rotatable bonds is 5. The van der Waals surface area contributed by atoms with Crippen molar-refractivity contribution in [2.75, 3.05) is 0 Å². The monoisotopic (exact) mass is 421 g/mol. The van der Waals surface area contributed by atoms with Gasteiger partial charge < -0.3 is 9.67 Å². The molecule has 2 aromatic carbocycles. The van der Waals surface area contributed by atoms with Crippen LogP contribution in [0.3, 0.4) is 0 Å². The van der Waals surface area contributed by atoms with Gasteiger partial charge in [0.15, 0.2) is 0 Å². The molecular weight excluding hydrogens is 402 g/mol. The highest BCUT2D eigenvalue weighted by Crippen LogP contribution is 2.33. The minimum atomic E-state index is -4.58. The first kappa shape index (κ1) is 21.5. The van der Waals surface area contributed by atoms with Crippen LogP contribution < -0.4 is 5.43 Å². The third-order valence-corrected chi connectivity index (χ3v) is 4.74. The summed E-state index contributed by atoms with van der Waals surface area (Å²) in [6.45, 7) is 4.12. The zero-order chi connectivity index (χ0) is 22.2. The molecule has 0 spiro atoms. The van der Waals surface area contributed by atoms with E-state index in [2.05, 4.69) is 0 Å². The largest absolute Gasteiger partial charge is 0.477 e. The molecule has 0 unspecified atom stereocenters. The van der Waals surface area contributed by atoms with Gasteiger partial charge in [0.2, 0.25) is 5.43 Å². The number of carboxylic acids is 1. The van der Waals surface area contributed by atoms with Gasteiger partial charge in [-0.15, -0.1) is 0 Å². The van der Waals surface area contributed by atoms with Crippen molar-refractivity contribution >= 4 is 16.9 Å². The van der Waals surface area contributed by atoms with Crippen LogP contribution in [0.4, 0.5) is 17.6 Å². The van der Waals surface area contributed by atoms with Crippen LogP contribution in [0.25, 0.3) is 10.9 Å². The molecule has 30 heavy (non-hydrogen) atoms. The molecule has 0 aliphatic carbocycles. The van der Waals surface area contributed by atoms with E-state index >= 15 is 0 Å². The van der Waals surface area contributed by atoms with Gasteiger partial charge in [0.1, 0.15) is 11.4 Å². The summed E-state index contributed by atoms with van der Waals surface area (Å²) in [5.74, 6) is -2.21. The van der Waals surface area contributed by atoms with Crippen molar-refractivity contribution in [2.24, 2.45) is 5.92 Å². The standard InChI is InChI=1S/C22H19F4NO3/c1-12(2)10-27-11-16(21(29)30)20(28)15-9-18(23)14(8-19(15)27)7-13-5-3-4-6-17(13)22(24,25)26/h3-6,8-9,11-12H,7,10H2,1-2H3,(H,29,30). The van der Waals surface area contributed by atoms with E-state index in [1.54, 1.807) is 0 Å². The molecule has 158 valence electrons. The Kier molecular flexibility index (Phi) is 5.70. The molecule has 0 amide bonds. The Labute approximate surface area is 169 Å². The first-order valence-corrected chi connectivity index (χ1v) is 9.23. The lowest BCUT2D eigenvalue weighted by Crippen LogP contribution is -2.20. The number of carbonyl (C=O) groups is 1. The Morgan fingerprint density at radius 2 is 1.80 bits per heavy atom. The fourth-order valence-corrected chi connectivity index (χ4v) is 3.44. The van der Waals surface area contributed by atoms with E-state index in [9.17, 15) is 32.3 Å². The van der Waals surface area contributed by atoms with Gasteiger partial charge in [-0.3, -0.25) is 4.79 Å². The zero-order valence-corrected chi connectivity index (χ0v) is 16.3. The van der Waals surface area contributed by atoms with E-state index in [-0.39, 0.29) is 34.4 Å². The van der Waals surface area contributed by atoms with Crippen molar-refractivity contribution in [1.82, 2.24) is 4.57 Å². The first-order chi connectivity index (χ1) is 14.0. The molecule has 0 saturated carbocycles. The summed E-state index contributed by atoms with van der Waals surface area (Å²) in [5.41, 5.74) is -2.01. The quantitative estimate of drug-likeness (QED) is 0.583. The van der Waals surface area contributed by atoms with Crippen LogP contribution in [0.2, 0.25) is 0 Å². The fraction of sp³-hybridized carbons (Fsp3) is 0.273. The Hall–Kier alpha value is -3.16. The Balaban J connectivity index is 2.22. The van der Waals surface area contributed by atoms with Crippen LogP contribution in [-0.4, -0.2) is 15.6 Å². The second-order valence-corrected chi connectivity index (χ2v) is 7.52. The maximum atomic E-state index is 14.8. The van der Waals surface area contributed by atoms with Crippen LogP contribution in [0.5, 0.6) is 0 Å². The van der Waals surface area contributed by atoms with E-state index in [1.165, 1.54) is 35.0 Å². The lowest BCUT2D eigenvalue weighted by molar-refractivity contribution is -0.138. The maximum Gasteiger partial charge on any atom is 0.416 e. The summed E-state index contributed by atoms with van der Waals surface area (Å²) in [6.07, 6.45) is -3.72. The van der Waals surface area contributed by atoms with Crippen molar-refractivity contribution in [1.29, 1.82) is 0 Å². The lowest BCUT2D eigenvalue weighted by atomic mass is 9.97. The number of halogens is 4. The predicted octanol–water partition coefficient (Wildman–Crippen LogP) is 5.10.